The number of carbonyl (C=O) groups is 1. The highest BCUT2D eigenvalue weighted by Gasteiger charge is 2.25. The molecule has 1 aliphatic carbocycles. The van der Waals surface area contributed by atoms with Crippen LogP contribution in [-0.4, -0.2) is 30.9 Å². The lowest BCUT2D eigenvalue weighted by Crippen LogP contribution is -2.39. The van der Waals surface area contributed by atoms with Crippen molar-refractivity contribution in [3.8, 4) is 5.75 Å². The van der Waals surface area contributed by atoms with Crippen LogP contribution in [0, 0.1) is 0 Å². The van der Waals surface area contributed by atoms with Gasteiger partial charge in [0.05, 0.1) is 13.2 Å². The Kier molecular flexibility index (Phi) is 4.37. The first kappa shape index (κ1) is 13.1. The van der Waals surface area contributed by atoms with Gasteiger partial charge in [-0.2, -0.15) is 0 Å². The van der Waals surface area contributed by atoms with E-state index in [9.17, 15) is 4.79 Å². The van der Waals surface area contributed by atoms with Gasteiger partial charge in [0.15, 0.2) is 0 Å². The maximum absolute atomic E-state index is 11.9. The number of hydrogen-bond acceptors (Lipinski definition) is 3. The smallest absolute Gasteiger partial charge is 0.149 e. The van der Waals surface area contributed by atoms with Gasteiger partial charge in [-0.1, -0.05) is 18.6 Å². The molecule has 0 radical (unpaired) electrons. The van der Waals surface area contributed by atoms with E-state index in [1.807, 2.05) is 25.2 Å². The molecule has 1 aromatic rings. The zero-order valence-electron chi connectivity index (χ0n) is 11.2. The van der Waals surface area contributed by atoms with Crippen LogP contribution in [0.25, 0.3) is 0 Å². The summed E-state index contributed by atoms with van der Waals surface area (Å²) in [7, 11) is 3.71. The molecular weight excluding hydrogens is 226 g/mol. The molecule has 0 saturated heterocycles. The monoisotopic (exact) mass is 247 g/mol. The Balaban J connectivity index is 2.01. The summed E-state index contributed by atoms with van der Waals surface area (Å²) in [5.41, 5.74) is 1.19. The molecule has 0 N–H and O–H groups in total. The number of carbonyl (C=O) groups excluding carboxylic acids is 1. The van der Waals surface area contributed by atoms with E-state index >= 15 is 0 Å². The molecule has 0 amide bonds. The van der Waals surface area contributed by atoms with Crippen molar-refractivity contribution in [1.82, 2.24) is 4.90 Å². The van der Waals surface area contributed by atoms with Gasteiger partial charge in [-0.05, 0) is 37.6 Å². The molecule has 0 spiro atoms. The molecular formula is C15H21NO2. The summed E-state index contributed by atoms with van der Waals surface area (Å²) in [6, 6.07) is 8.14. The van der Waals surface area contributed by atoms with Crippen LogP contribution < -0.4 is 4.74 Å². The van der Waals surface area contributed by atoms with Crippen molar-refractivity contribution >= 4 is 5.78 Å². The third-order valence-electron chi connectivity index (χ3n) is 3.62. The average Bonchev–Trinajstić information content (AvgIpc) is 2.39. The Morgan fingerprint density at radius 2 is 2.22 bits per heavy atom. The van der Waals surface area contributed by atoms with Crippen LogP contribution >= 0.6 is 0 Å². The van der Waals surface area contributed by atoms with Gasteiger partial charge >= 0.3 is 0 Å². The second-order valence-electron chi connectivity index (χ2n) is 4.99. The molecule has 0 aliphatic heterocycles. The molecule has 0 heterocycles. The molecule has 2 rings (SSSR count). The quantitative estimate of drug-likeness (QED) is 0.819. The molecule has 0 aromatic heterocycles. The average molecular weight is 247 g/mol. The van der Waals surface area contributed by atoms with Crippen molar-refractivity contribution in [1.29, 1.82) is 0 Å². The molecule has 1 atom stereocenters. The second-order valence-corrected chi connectivity index (χ2v) is 4.99. The zero-order valence-corrected chi connectivity index (χ0v) is 11.2. The third-order valence-corrected chi connectivity index (χ3v) is 3.62. The minimum Gasteiger partial charge on any atom is -0.497 e. The standard InChI is InChI=1S/C15H21NO2/c1-16(14-8-3-4-9-15(14)17)11-12-6-5-7-13(10-12)18-2/h5-7,10,14H,3-4,8-9,11H2,1-2H3. The first-order valence-corrected chi connectivity index (χ1v) is 6.56. The van der Waals surface area contributed by atoms with E-state index in [4.69, 9.17) is 4.74 Å². The molecule has 3 heteroatoms. The van der Waals surface area contributed by atoms with E-state index < -0.39 is 0 Å². The lowest BCUT2D eigenvalue weighted by molar-refractivity contribution is -0.125. The zero-order chi connectivity index (χ0) is 13.0. The Labute approximate surface area is 109 Å². The summed E-state index contributed by atoms with van der Waals surface area (Å²) in [4.78, 5) is 14.0. The van der Waals surface area contributed by atoms with E-state index in [-0.39, 0.29) is 6.04 Å². The first-order valence-electron chi connectivity index (χ1n) is 6.56. The highest BCUT2D eigenvalue weighted by Crippen LogP contribution is 2.21. The first-order chi connectivity index (χ1) is 8.70. The minimum atomic E-state index is 0.102. The fraction of sp³-hybridized carbons (Fsp3) is 0.533. The van der Waals surface area contributed by atoms with Gasteiger partial charge in [0.25, 0.3) is 0 Å². The number of hydrogen-bond donors (Lipinski definition) is 0. The van der Waals surface area contributed by atoms with Gasteiger partial charge in [0, 0.05) is 13.0 Å². The second kappa shape index (κ2) is 6.01. The summed E-state index contributed by atoms with van der Waals surface area (Å²) < 4.78 is 5.22. The van der Waals surface area contributed by atoms with Gasteiger partial charge in [-0.15, -0.1) is 0 Å². The van der Waals surface area contributed by atoms with Crippen LogP contribution in [0.4, 0.5) is 0 Å². The van der Waals surface area contributed by atoms with E-state index in [2.05, 4.69) is 11.0 Å². The molecule has 18 heavy (non-hydrogen) atoms. The van der Waals surface area contributed by atoms with Crippen LogP contribution in [0.2, 0.25) is 0 Å². The molecule has 0 bridgehead atoms. The molecule has 1 unspecified atom stereocenters. The van der Waals surface area contributed by atoms with Gasteiger partial charge in [-0.3, -0.25) is 9.69 Å². The van der Waals surface area contributed by atoms with Crippen LogP contribution in [0.1, 0.15) is 31.2 Å². The SMILES string of the molecule is COc1cccc(CN(C)C2CCCCC2=O)c1. The minimum absolute atomic E-state index is 0.102. The largest absolute Gasteiger partial charge is 0.497 e. The molecule has 1 aliphatic rings. The van der Waals surface area contributed by atoms with E-state index in [1.165, 1.54) is 12.0 Å². The number of likely N-dealkylation sites (N-methyl/N-ethyl adjacent to an activating group) is 1. The number of methoxy groups -OCH3 is 1. The lowest BCUT2D eigenvalue weighted by Gasteiger charge is -2.29. The number of benzene rings is 1. The van der Waals surface area contributed by atoms with Crippen molar-refractivity contribution in [3.05, 3.63) is 29.8 Å². The van der Waals surface area contributed by atoms with Crippen molar-refractivity contribution in [2.75, 3.05) is 14.2 Å². The van der Waals surface area contributed by atoms with Gasteiger partial charge in [0.1, 0.15) is 11.5 Å². The summed E-state index contributed by atoms with van der Waals surface area (Å²) in [6.07, 6.45) is 3.97. The number of Topliss-reactive ketones (excluding diaryl/α,β-unsaturated/α-hetero) is 1. The highest BCUT2D eigenvalue weighted by molar-refractivity contribution is 5.84. The van der Waals surface area contributed by atoms with Crippen LogP contribution in [-0.2, 0) is 11.3 Å². The fourth-order valence-corrected chi connectivity index (χ4v) is 2.60. The highest BCUT2D eigenvalue weighted by atomic mass is 16.5. The molecule has 3 nitrogen and oxygen atoms in total. The van der Waals surface area contributed by atoms with Crippen molar-refractivity contribution in [2.24, 2.45) is 0 Å². The molecule has 1 aromatic carbocycles. The Morgan fingerprint density at radius 3 is 2.94 bits per heavy atom. The fourth-order valence-electron chi connectivity index (χ4n) is 2.60. The van der Waals surface area contributed by atoms with Gasteiger partial charge in [0.2, 0.25) is 0 Å². The normalized spacial score (nSPS) is 20.2. The Morgan fingerprint density at radius 1 is 1.39 bits per heavy atom. The van der Waals surface area contributed by atoms with Gasteiger partial charge in [-0.25, -0.2) is 0 Å². The summed E-state index contributed by atoms with van der Waals surface area (Å²) in [5.74, 6) is 1.27. The lowest BCUT2D eigenvalue weighted by atomic mass is 9.93. The van der Waals surface area contributed by atoms with E-state index in [1.54, 1.807) is 7.11 Å². The number of ketones is 1. The van der Waals surface area contributed by atoms with Crippen LogP contribution in [0.5, 0.6) is 5.75 Å². The van der Waals surface area contributed by atoms with E-state index in [0.717, 1.165) is 31.6 Å². The summed E-state index contributed by atoms with van der Waals surface area (Å²) >= 11 is 0. The molecule has 98 valence electrons. The van der Waals surface area contributed by atoms with Crippen molar-refractivity contribution in [3.63, 3.8) is 0 Å². The van der Waals surface area contributed by atoms with Gasteiger partial charge < -0.3 is 4.74 Å². The van der Waals surface area contributed by atoms with E-state index in [0.29, 0.717) is 5.78 Å². The third kappa shape index (κ3) is 3.10. The van der Waals surface area contributed by atoms with Crippen LogP contribution in [0.3, 0.4) is 0 Å². The predicted molar refractivity (Wildman–Crippen MR) is 71.7 cm³/mol. The van der Waals surface area contributed by atoms with Crippen molar-refractivity contribution < 1.29 is 9.53 Å². The molecule has 1 fully saturated rings. The summed E-state index contributed by atoms with van der Waals surface area (Å²) in [5, 5.41) is 0. The predicted octanol–water partition coefficient (Wildman–Crippen LogP) is 2.64. The molecule has 1 saturated carbocycles. The number of ether oxygens (including phenoxy) is 1. The van der Waals surface area contributed by atoms with Crippen molar-refractivity contribution in [2.45, 2.75) is 38.3 Å². The van der Waals surface area contributed by atoms with Crippen LogP contribution in [0.15, 0.2) is 24.3 Å². The Bertz CT molecular complexity index is 417. The maximum Gasteiger partial charge on any atom is 0.149 e. The number of nitrogens with zero attached hydrogens (tertiary/aromatic N) is 1. The maximum atomic E-state index is 11.9. The number of rotatable bonds is 4. The topological polar surface area (TPSA) is 29.5 Å². The summed E-state index contributed by atoms with van der Waals surface area (Å²) in [6.45, 7) is 0.799. The Hall–Kier alpha value is -1.35.